The number of rotatable bonds is 9. The normalized spacial score (nSPS) is 10.6. The van der Waals surface area contributed by atoms with E-state index in [1.165, 1.54) is 11.6 Å². The summed E-state index contributed by atoms with van der Waals surface area (Å²) in [6, 6.07) is 8.94. The molecule has 9 heteroatoms. The van der Waals surface area contributed by atoms with Gasteiger partial charge in [-0.05, 0) is 75.6 Å². The van der Waals surface area contributed by atoms with Gasteiger partial charge in [0.1, 0.15) is 28.0 Å². The fourth-order valence-corrected chi connectivity index (χ4v) is 4.23. The average Bonchev–Trinajstić information content (AvgIpc) is 3.39. The number of hydrogen-bond donors (Lipinski definition) is 1. The molecule has 2 aromatic heterocycles. The molecule has 1 N–H and O–H groups in total. The van der Waals surface area contributed by atoms with Gasteiger partial charge in [0.25, 0.3) is 5.91 Å². The predicted molar refractivity (Wildman–Crippen MR) is 128 cm³/mol. The molecule has 0 saturated carbocycles. The summed E-state index contributed by atoms with van der Waals surface area (Å²) >= 11 is 0.954. The van der Waals surface area contributed by atoms with Gasteiger partial charge >= 0.3 is 11.9 Å². The second-order valence-corrected chi connectivity index (χ2v) is 8.48. The number of hydrogen-bond acceptors (Lipinski definition) is 8. The Bertz CT molecular complexity index is 1210. The van der Waals surface area contributed by atoms with Crippen molar-refractivity contribution >= 4 is 34.2 Å². The summed E-state index contributed by atoms with van der Waals surface area (Å²) in [5.74, 6) is -0.575. The number of aryl methyl sites for hydroxylation is 2. The highest BCUT2D eigenvalue weighted by Crippen LogP contribution is 2.34. The van der Waals surface area contributed by atoms with Crippen LogP contribution in [0.5, 0.6) is 5.75 Å². The number of benzene rings is 1. The third-order valence-corrected chi connectivity index (χ3v) is 6.25. The topological polar surface area (TPSA) is 104 Å². The maximum absolute atomic E-state index is 12.8. The van der Waals surface area contributed by atoms with E-state index < -0.39 is 17.8 Å². The molecule has 0 unspecified atom stereocenters. The van der Waals surface area contributed by atoms with Crippen molar-refractivity contribution in [3.8, 4) is 5.75 Å². The zero-order chi connectivity index (χ0) is 24.8. The van der Waals surface area contributed by atoms with E-state index in [9.17, 15) is 14.4 Å². The predicted octanol–water partition coefficient (Wildman–Crippen LogP) is 5.45. The van der Waals surface area contributed by atoms with Crippen LogP contribution in [-0.4, -0.2) is 31.1 Å². The van der Waals surface area contributed by atoms with Crippen molar-refractivity contribution in [1.82, 2.24) is 0 Å². The number of thiophene rings is 1. The summed E-state index contributed by atoms with van der Waals surface area (Å²) in [5, 5.41) is 2.85. The zero-order valence-corrected chi connectivity index (χ0v) is 20.6. The largest absolute Gasteiger partial charge is 0.486 e. The second kappa shape index (κ2) is 11.0. The Kier molecular flexibility index (Phi) is 8.12. The van der Waals surface area contributed by atoms with Gasteiger partial charge in [-0.1, -0.05) is 6.07 Å². The molecule has 0 aliphatic carbocycles. The molecule has 1 aromatic carbocycles. The molecule has 3 rings (SSSR count). The fraction of sp³-hybridized carbons (Fsp3) is 0.320. The van der Waals surface area contributed by atoms with Crippen molar-refractivity contribution in [2.45, 2.75) is 41.2 Å². The van der Waals surface area contributed by atoms with Crippen molar-refractivity contribution in [3.05, 3.63) is 69.0 Å². The SMILES string of the molecule is CCOC(=O)c1sc(NC(=O)c2ccc(COc3ccc(C)c(C)c3)o2)c(C(=O)OCC)c1C. The molecule has 0 bridgehead atoms. The fourth-order valence-electron chi connectivity index (χ4n) is 3.14. The summed E-state index contributed by atoms with van der Waals surface area (Å²) < 4.78 is 21.5. The van der Waals surface area contributed by atoms with Crippen LogP contribution in [0.3, 0.4) is 0 Å². The van der Waals surface area contributed by atoms with Gasteiger partial charge in [-0.15, -0.1) is 11.3 Å². The Morgan fingerprint density at radius 1 is 0.941 bits per heavy atom. The van der Waals surface area contributed by atoms with Crippen molar-refractivity contribution in [1.29, 1.82) is 0 Å². The molecule has 0 atom stereocenters. The summed E-state index contributed by atoms with van der Waals surface area (Å²) in [4.78, 5) is 37.8. The third-order valence-electron chi connectivity index (χ3n) is 5.06. The van der Waals surface area contributed by atoms with Crippen molar-refractivity contribution in [2.75, 3.05) is 18.5 Å². The van der Waals surface area contributed by atoms with Gasteiger partial charge in [0.05, 0.1) is 18.8 Å². The van der Waals surface area contributed by atoms with Gasteiger partial charge in [0, 0.05) is 0 Å². The lowest BCUT2D eigenvalue weighted by Gasteiger charge is -2.07. The highest BCUT2D eigenvalue weighted by Gasteiger charge is 2.28. The number of furan rings is 1. The average molecular weight is 486 g/mol. The first kappa shape index (κ1) is 25.0. The van der Waals surface area contributed by atoms with Crippen LogP contribution in [0.2, 0.25) is 0 Å². The van der Waals surface area contributed by atoms with Crippen LogP contribution in [0.25, 0.3) is 0 Å². The number of nitrogens with one attached hydrogen (secondary N) is 1. The lowest BCUT2D eigenvalue weighted by molar-refractivity contribution is 0.0527. The van der Waals surface area contributed by atoms with Gasteiger partial charge < -0.3 is 23.9 Å². The number of carbonyl (C=O) groups excluding carboxylic acids is 3. The van der Waals surface area contributed by atoms with Crippen LogP contribution >= 0.6 is 11.3 Å². The molecule has 0 aliphatic heterocycles. The quantitative estimate of drug-likeness (QED) is 0.402. The molecule has 0 radical (unpaired) electrons. The van der Waals surface area contributed by atoms with Gasteiger partial charge in [-0.25, -0.2) is 9.59 Å². The van der Waals surface area contributed by atoms with Crippen molar-refractivity contribution in [3.63, 3.8) is 0 Å². The van der Waals surface area contributed by atoms with E-state index in [2.05, 4.69) is 5.32 Å². The summed E-state index contributed by atoms with van der Waals surface area (Å²) in [7, 11) is 0. The molecular formula is C25H27NO7S. The molecule has 180 valence electrons. The van der Waals surface area contributed by atoms with Gasteiger partial charge in [-0.2, -0.15) is 0 Å². The van der Waals surface area contributed by atoms with Crippen LogP contribution in [-0.2, 0) is 16.1 Å². The molecule has 0 spiro atoms. The first-order valence-electron chi connectivity index (χ1n) is 10.8. The third kappa shape index (κ3) is 5.66. The van der Waals surface area contributed by atoms with E-state index >= 15 is 0 Å². The van der Waals surface area contributed by atoms with E-state index in [1.807, 2.05) is 32.0 Å². The Morgan fingerprint density at radius 2 is 1.65 bits per heavy atom. The number of carbonyl (C=O) groups is 3. The Morgan fingerprint density at radius 3 is 2.32 bits per heavy atom. The smallest absolute Gasteiger partial charge is 0.348 e. The van der Waals surface area contributed by atoms with Crippen LogP contribution in [0.4, 0.5) is 5.00 Å². The highest BCUT2D eigenvalue weighted by molar-refractivity contribution is 7.18. The minimum Gasteiger partial charge on any atom is -0.486 e. The monoisotopic (exact) mass is 485 g/mol. The second-order valence-electron chi connectivity index (χ2n) is 7.46. The number of ether oxygens (including phenoxy) is 3. The van der Waals surface area contributed by atoms with Crippen molar-refractivity contribution < 1.29 is 33.0 Å². The Balaban J connectivity index is 1.76. The van der Waals surface area contributed by atoms with Crippen LogP contribution in [0, 0.1) is 20.8 Å². The van der Waals surface area contributed by atoms with Crippen molar-refractivity contribution in [2.24, 2.45) is 0 Å². The first-order valence-corrected chi connectivity index (χ1v) is 11.6. The molecule has 1 amide bonds. The minimum absolute atomic E-state index is 0.0391. The molecule has 0 saturated heterocycles. The molecule has 3 aromatic rings. The van der Waals surface area contributed by atoms with E-state index in [-0.39, 0.29) is 41.0 Å². The number of anilines is 1. The molecular weight excluding hydrogens is 458 g/mol. The number of amides is 1. The van der Waals surface area contributed by atoms with Gasteiger partial charge in [0.15, 0.2) is 5.76 Å². The maximum Gasteiger partial charge on any atom is 0.348 e. The lowest BCUT2D eigenvalue weighted by atomic mass is 10.1. The molecule has 0 aliphatic rings. The Labute approximate surface area is 201 Å². The minimum atomic E-state index is -0.635. The van der Waals surface area contributed by atoms with Gasteiger partial charge in [-0.3, -0.25) is 4.79 Å². The molecule has 2 heterocycles. The molecule has 8 nitrogen and oxygen atoms in total. The van der Waals surface area contributed by atoms with E-state index in [0.717, 1.165) is 16.9 Å². The zero-order valence-electron chi connectivity index (χ0n) is 19.8. The Hall–Kier alpha value is -3.59. The van der Waals surface area contributed by atoms with Crippen LogP contribution < -0.4 is 10.1 Å². The van der Waals surface area contributed by atoms with E-state index in [1.54, 1.807) is 26.8 Å². The summed E-state index contributed by atoms with van der Waals surface area (Å²) in [6.07, 6.45) is 0. The number of esters is 2. The van der Waals surface area contributed by atoms with E-state index in [0.29, 0.717) is 17.1 Å². The standard InChI is InChI=1S/C25H27NO7S/c1-6-30-24(28)20-16(5)21(25(29)31-7-2)34-23(20)26-22(27)19-11-10-18(33-19)13-32-17-9-8-14(3)15(4)12-17/h8-12H,6-7,13H2,1-5H3,(H,26,27). The highest BCUT2D eigenvalue weighted by atomic mass is 32.1. The summed E-state index contributed by atoms with van der Waals surface area (Å²) in [5.41, 5.74) is 2.79. The molecule has 34 heavy (non-hydrogen) atoms. The van der Waals surface area contributed by atoms with Gasteiger partial charge in [0.2, 0.25) is 0 Å². The van der Waals surface area contributed by atoms with Crippen LogP contribution in [0.15, 0.2) is 34.7 Å². The molecule has 0 fully saturated rings. The van der Waals surface area contributed by atoms with E-state index in [4.69, 9.17) is 18.6 Å². The lowest BCUT2D eigenvalue weighted by Crippen LogP contribution is -2.14. The maximum atomic E-state index is 12.8. The first-order chi connectivity index (χ1) is 16.2. The summed E-state index contributed by atoms with van der Waals surface area (Å²) in [6.45, 7) is 9.48. The van der Waals surface area contributed by atoms with Crippen LogP contribution in [0.1, 0.15) is 66.9 Å².